The molecule has 2 aromatic rings. The van der Waals surface area contributed by atoms with Gasteiger partial charge in [-0.2, -0.15) is 0 Å². The zero-order valence-corrected chi connectivity index (χ0v) is 20.6. The average molecular weight is 513 g/mol. The standard InChI is InChI=1S/C22H25ClN4O4S.ClH/c1-22(2,20(29)30)10-27-13-7-8-14(27)16-15(9-13)32-19(17(16)18(24)28)26-21(31)25-12-5-3-11(23)4-6-12;/h3-6,13-14H,7-10H2,1-2H3,(H2,24,28)(H,29,30)(H2,25,26,31);1H. The second-order valence-electron chi connectivity index (χ2n) is 8.91. The number of primary amides is 1. The highest BCUT2D eigenvalue weighted by atomic mass is 35.5. The molecule has 0 spiro atoms. The van der Waals surface area contributed by atoms with Gasteiger partial charge in [-0.3, -0.25) is 19.8 Å². The summed E-state index contributed by atoms with van der Waals surface area (Å²) in [5.74, 6) is -1.46. The molecule has 2 bridgehead atoms. The average Bonchev–Trinajstić information content (AvgIpc) is 3.19. The molecule has 2 aliphatic rings. The third-order valence-electron chi connectivity index (χ3n) is 6.15. The van der Waals surface area contributed by atoms with Gasteiger partial charge >= 0.3 is 12.0 Å². The number of aliphatic carboxylic acids is 1. The second-order valence-corrected chi connectivity index (χ2v) is 10.4. The lowest BCUT2D eigenvalue weighted by Gasteiger charge is -2.38. The number of hydrogen-bond acceptors (Lipinski definition) is 5. The number of carbonyl (C=O) groups is 3. The Morgan fingerprint density at radius 1 is 1.21 bits per heavy atom. The van der Waals surface area contributed by atoms with Crippen molar-refractivity contribution in [2.24, 2.45) is 11.1 Å². The van der Waals surface area contributed by atoms with Crippen molar-refractivity contribution in [2.45, 2.75) is 45.2 Å². The van der Waals surface area contributed by atoms with E-state index in [0.717, 1.165) is 23.3 Å². The molecule has 5 N–H and O–H groups in total. The van der Waals surface area contributed by atoms with Crippen LogP contribution in [0.25, 0.3) is 0 Å². The molecule has 11 heteroatoms. The molecule has 3 heterocycles. The van der Waals surface area contributed by atoms with E-state index in [-0.39, 0.29) is 24.5 Å². The summed E-state index contributed by atoms with van der Waals surface area (Å²) < 4.78 is 0. The van der Waals surface area contributed by atoms with Gasteiger partial charge in [0.25, 0.3) is 5.91 Å². The number of nitrogens with zero attached hydrogens (tertiary/aromatic N) is 1. The summed E-state index contributed by atoms with van der Waals surface area (Å²) in [6.07, 6.45) is 2.45. The first-order valence-electron chi connectivity index (χ1n) is 10.3. The molecular weight excluding hydrogens is 487 g/mol. The summed E-state index contributed by atoms with van der Waals surface area (Å²) >= 11 is 7.25. The first kappa shape index (κ1) is 25.3. The summed E-state index contributed by atoms with van der Waals surface area (Å²) in [5.41, 5.74) is 6.55. The van der Waals surface area contributed by atoms with E-state index in [4.69, 9.17) is 17.3 Å². The lowest BCUT2D eigenvalue weighted by atomic mass is 9.89. The molecule has 1 aromatic carbocycles. The quantitative estimate of drug-likeness (QED) is 0.444. The molecule has 2 atom stereocenters. The van der Waals surface area contributed by atoms with Gasteiger partial charge in [0.2, 0.25) is 0 Å². The zero-order valence-electron chi connectivity index (χ0n) is 18.2. The molecule has 0 saturated carbocycles. The van der Waals surface area contributed by atoms with Crippen LogP contribution in [0.5, 0.6) is 0 Å². The number of carboxylic acids is 1. The number of carboxylic acid groups (broad SMARTS) is 1. The molecule has 8 nitrogen and oxygen atoms in total. The van der Waals surface area contributed by atoms with E-state index in [2.05, 4.69) is 15.5 Å². The normalized spacial score (nSPS) is 19.4. The fourth-order valence-electron chi connectivity index (χ4n) is 4.57. The number of benzene rings is 1. The predicted octanol–water partition coefficient (Wildman–Crippen LogP) is 4.74. The number of nitrogens with two attached hydrogens (primary N) is 1. The maximum Gasteiger partial charge on any atom is 0.324 e. The van der Waals surface area contributed by atoms with Gasteiger partial charge in [0.15, 0.2) is 0 Å². The highest BCUT2D eigenvalue weighted by Crippen LogP contribution is 2.51. The van der Waals surface area contributed by atoms with Crippen LogP contribution in [-0.2, 0) is 11.2 Å². The number of carbonyl (C=O) groups excluding carboxylic acids is 2. The van der Waals surface area contributed by atoms with E-state index >= 15 is 0 Å². The highest BCUT2D eigenvalue weighted by Gasteiger charge is 2.46. The third-order valence-corrected chi connectivity index (χ3v) is 7.55. The van der Waals surface area contributed by atoms with Crippen molar-refractivity contribution < 1.29 is 19.5 Å². The van der Waals surface area contributed by atoms with Crippen molar-refractivity contribution in [3.8, 4) is 0 Å². The minimum atomic E-state index is -0.916. The Morgan fingerprint density at radius 3 is 2.48 bits per heavy atom. The Bertz CT molecular complexity index is 1090. The van der Waals surface area contributed by atoms with Gasteiger partial charge in [0.05, 0.1) is 11.0 Å². The summed E-state index contributed by atoms with van der Waals surface area (Å²) in [6, 6.07) is 6.33. The fourth-order valence-corrected chi connectivity index (χ4v) is 6.02. The summed E-state index contributed by atoms with van der Waals surface area (Å²) in [6.45, 7) is 3.80. The smallest absolute Gasteiger partial charge is 0.324 e. The van der Waals surface area contributed by atoms with Crippen LogP contribution in [0.4, 0.5) is 15.5 Å². The van der Waals surface area contributed by atoms with Crippen molar-refractivity contribution in [2.75, 3.05) is 17.2 Å². The molecule has 4 rings (SSSR count). The maximum absolute atomic E-state index is 12.6. The van der Waals surface area contributed by atoms with Crippen LogP contribution < -0.4 is 16.4 Å². The van der Waals surface area contributed by atoms with Crippen molar-refractivity contribution in [3.05, 3.63) is 45.3 Å². The van der Waals surface area contributed by atoms with E-state index in [1.54, 1.807) is 38.1 Å². The lowest BCUT2D eigenvalue weighted by Crippen LogP contribution is -2.45. The van der Waals surface area contributed by atoms with Gasteiger partial charge in [0.1, 0.15) is 5.00 Å². The number of hydrogen-bond donors (Lipinski definition) is 4. The molecule has 1 saturated heterocycles. The number of rotatable bonds is 6. The van der Waals surface area contributed by atoms with Gasteiger partial charge in [-0.1, -0.05) is 11.6 Å². The number of fused-ring (bicyclic) bond motifs is 4. The monoisotopic (exact) mass is 512 g/mol. The lowest BCUT2D eigenvalue weighted by molar-refractivity contribution is -0.148. The number of halogens is 2. The van der Waals surface area contributed by atoms with Gasteiger partial charge in [-0.05, 0) is 62.9 Å². The van der Waals surface area contributed by atoms with E-state index in [0.29, 0.717) is 34.2 Å². The van der Waals surface area contributed by atoms with Crippen LogP contribution in [0.3, 0.4) is 0 Å². The third kappa shape index (κ3) is 4.96. The van der Waals surface area contributed by atoms with E-state index in [1.165, 1.54) is 11.3 Å². The summed E-state index contributed by atoms with van der Waals surface area (Å²) in [7, 11) is 0. The maximum atomic E-state index is 12.6. The molecule has 0 aliphatic carbocycles. The SMILES string of the molecule is CC(C)(CN1C2CCC1c1c(sc(NC(=O)Nc3ccc(Cl)cc3)c1C(N)=O)C2)C(=O)O.Cl. The molecule has 1 fully saturated rings. The van der Waals surface area contributed by atoms with Crippen LogP contribution in [0.2, 0.25) is 5.02 Å². The summed E-state index contributed by atoms with van der Waals surface area (Å²) in [5, 5.41) is 16.1. The molecule has 0 radical (unpaired) electrons. The van der Waals surface area contributed by atoms with Crippen molar-refractivity contribution >= 4 is 63.9 Å². The Hall–Kier alpha value is -2.33. The number of anilines is 2. The van der Waals surface area contributed by atoms with Crippen LogP contribution in [0.1, 0.15) is 53.5 Å². The summed E-state index contributed by atoms with van der Waals surface area (Å²) in [4.78, 5) is 39.9. The van der Waals surface area contributed by atoms with Crippen molar-refractivity contribution in [1.29, 1.82) is 0 Å². The number of thiophene rings is 1. The van der Waals surface area contributed by atoms with Crippen LogP contribution in [0.15, 0.2) is 24.3 Å². The second kappa shape index (κ2) is 9.50. The Labute approximate surface area is 206 Å². The molecular formula is C22H26Cl2N4O4S. The fraction of sp³-hybridized carbons (Fsp3) is 0.409. The van der Waals surface area contributed by atoms with E-state index < -0.39 is 23.3 Å². The molecule has 3 amide bonds. The van der Waals surface area contributed by atoms with E-state index in [1.807, 2.05) is 0 Å². The number of nitrogens with one attached hydrogen (secondary N) is 2. The van der Waals surface area contributed by atoms with Crippen LogP contribution in [-0.4, -0.2) is 40.5 Å². The van der Waals surface area contributed by atoms with Gasteiger partial charge < -0.3 is 16.2 Å². The van der Waals surface area contributed by atoms with Gasteiger partial charge in [-0.25, -0.2) is 4.79 Å². The molecule has 2 unspecified atom stereocenters. The van der Waals surface area contributed by atoms with Crippen molar-refractivity contribution in [1.82, 2.24) is 4.90 Å². The topological polar surface area (TPSA) is 125 Å². The first-order chi connectivity index (χ1) is 15.1. The Balaban J connectivity index is 0.00000306. The Morgan fingerprint density at radius 2 is 1.88 bits per heavy atom. The van der Waals surface area contributed by atoms with Gasteiger partial charge in [-0.15, -0.1) is 23.7 Å². The molecule has 33 heavy (non-hydrogen) atoms. The molecule has 2 aliphatic heterocycles. The van der Waals surface area contributed by atoms with Gasteiger partial charge in [0, 0.05) is 34.2 Å². The largest absolute Gasteiger partial charge is 0.481 e. The minimum Gasteiger partial charge on any atom is -0.481 e. The first-order valence-corrected chi connectivity index (χ1v) is 11.5. The van der Waals surface area contributed by atoms with Crippen LogP contribution >= 0.6 is 35.3 Å². The Kier molecular flexibility index (Phi) is 7.28. The number of amides is 3. The molecule has 178 valence electrons. The molecule has 1 aromatic heterocycles. The minimum absolute atomic E-state index is 0. The predicted molar refractivity (Wildman–Crippen MR) is 132 cm³/mol. The zero-order chi connectivity index (χ0) is 23.2. The van der Waals surface area contributed by atoms with E-state index in [9.17, 15) is 19.5 Å². The highest BCUT2D eigenvalue weighted by molar-refractivity contribution is 7.17. The number of urea groups is 1. The van der Waals surface area contributed by atoms with Crippen molar-refractivity contribution in [3.63, 3.8) is 0 Å². The van der Waals surface area contributed by atoms with Crippen LogP contribution in [0, 0.1) is 5.41 Å².